The molecule has 1 aromatic carbocycles. The first-order chi connectivity index (χ1) is 11.0. The van der Waals surface area contributed by atoms with Crippen molar-refractivity contribution < 1.29 is 24.0 Å². The normalized spacial score (nSPS) is 14.9. The highest BCUT2D eigenvalue weighted by molar-refractivity contribution is 5.81. The number of nitro groups is 1. The average molecular weight is 338 g/mol. The van der Waals surface area contributed by atoms with Gasteiger partial charge in [0, 0.05) is 11.8 Å². The summed E-state index contributed by atoms with van der Waals surface area (Å²) >= 11 is 0. The molecule has 0 heterocycles. The van der Waals surface area contributed by atoms with E-state index in [1.165, 1.54) is 0 Å². The molecule has 8 nitrogen and oxygen atoms in total. The number of nitrogens with one attached hydrogen (secondary N) is 1. The van der Waals surface area contributed by atoms with Crippen LogP contribution in [0.2, 0.25) is 0 Å². The number of hydrogen-bond donors (Lipinski definition) is 1. The summed E-state index contributed by atoms with van der Waals surface area (Å²) in [6.45, 7) is 6.10. The topological polar surface area (TPSA) is 108 Å². The molecule has 0 radical (unpaired) electrons. The Morgan fingerprint density at radius 2 is 1.71 bits per heavy atom. The monoisotopic (exact) mass is 338 g/mol. The van der Waals surface area contributed by atoms with Gasteiger partial charge in [-0.3, -0.25) is 10.1 Å². The summed E-state index contributed by atoms with van der Waals surface area (Å²) in [7, 11) is 1.06. The summed E-state index contributed by atoms with van der Waals surface area (Å²) in [4.78, 5) is 35.1. The van der Waals surface area contributed by atoms with Crippen LogP contribution in [0.15, 0.2) is 30.3 Å². The number of benzene rings is 1. The van der Waals surface area contributed by atoms with Crippen molar-refractivity contribution in [3.8, 4) is 0 Å². The molecule has 0 fully saturated rings. The second-order valence-corrected chi connectivity index (χ2v) is 6.39. The zero-order valence-corrected chi connectivity index (χ0v) is 14.4. The number of carbonyl (C=O) groups excluding carboxylic acids is 2. The Morgan fingerprint density at radius 3 is 2.12 bits per heavy atom. The summed E-state index contributed by atoms with van der Waals surface area (Å²) in [6.07, 6.45) is -0.867. The number of hydrogen-bond acceptors (Lipinski definition) is 6. The van der Waals surface area contributed by atoms with Gasteiger partial charge in [0.1, 0.15) is 11.6 Å². The summed E-state index contributed by atoms with van der Waals surface area (Å²) < 4.78 is 9.74. The molecule has 1 rings (SSSR count). The second kappa shape index (κ2) is 7.29. The van der Waals surface area contributed by atoms with Crippen molar-refractivity contribution in [2.75, 3.05) is 7.11 Å². The van der Waals surface area contributed by atoms with Crippen LogP contribution < -0.4 is 5.32 Å². The van der Waals surface area contributed by atoms with E-state index in [9.17, 15) is 19.7 Å². The van der Waals surface area contributed by atoms with Gasteiger partial charge >= 0.3 is 17.6 Å². The molecule has 24 heavy (non-hydrogen) atoms. The zero-order valence-electron chi connectivity index (χ0n) is 14.4. The maximum Gasteiger partial charge on any atom is 0.408 e. The second-order valence-electron chi connectivity index (χ2n) is 6.39. The van der Waals surface area contributed by atoms with E-state index in [1.807, 2.05) is 0 Å². The molecule has 132 valence electrons. The van der Waals surface area contributed by atoms with Crippen LogP contribution >= 0.6 is 0 Å². The predicted octanol–water partition coefficient (Wildman–Crippen LogP) is 2.46. The van der Waals surface area contributed by atoms with Gasteiger partial charge in [-0.05, 0) is 26.3 Å². The third-order valence-electron chi connectivity index (χ3n) is 3.33. The van der Waals surface area contributed by atoms with Gasteiger partial charge < -0.3 is 14.8 Å². The highest BCUT2D eigenvalue weighted by Gasteiger charge is 2.56. The van der Waals surface area contributed by atoms with E-state index in [2.05, 4.69) is 10.1 Å². The van der Waals surface area contributed by atoms with Gasteiger partial charge in [-0.15, -0.1) is 0 Å². The lowest BCUT2D eigenvalue weighted by atomic mass is 9.87. The van der Waals surface area contributed by atoms with Crippen molar-refractivity contribution in [3.05, 3.63) is 46.0 Å². The molecule has 0 aliphatic heterocycles. The molecule has 1 aromatic rings. The number of carbonyl (C=O) groups is 2. The molecule has 8 heteroatoms. The molecule has 0 saturated carbocycles. The van der Waals surface area contributed by atoms with Crippen LogP contribution in [-0.2, 0) is 14.3 Å². The maximum atomic E-state index is 12.1. The van der Waals surface area contributed by atoms with Gasteiger partial charge in [0.15, 0.2) is 0 Å². The van der Waals surface area contributed by atoms with Gasteiger partial charge in [0.05, 0.1) is 7.11 Å². The molecule has 0 unspecified atom stereocenters. The molecule has 0 aliphatic carbocycles. The third-order valence-corrected chi connectivity index (χ3v) is 3.33. The number of nitrogens with zero attached hydrogens (tertiary/aromatic N) is 1. The van der Waals surface area contributed by atoms with Gasteiger partial charge in [0.2, 0.25) is 0 Å². The van der Waals surface area contributed by atoms with Crippen LogP contribution in [0.4, 0.5) is 4.79 Å². The Morgan fingerprint density at radius 1 is 1.17 bits per heavy atom. The zero-order chi connectivity index (χ0) is 18.5. The molecular formula is C16H22N2O6. The molecule has 0 spiro atoms. The lowest BCUT2D eigenvalue weighted by Crippen LogP contribution is -2.55. The molecule has 1 amide bonds. The fourth-order valence-electron chi connectivity index (χ4n) is 2.12. The number of methoxy groups -OCH3 is 1. The predicted molar refractivity (Wildman–Crippen MR) is 86.0 cm³/mol. The number of esters is 1. The summed E-state index contributed by atoms with van der Waals surface area (Å²) in [5, 5.41) is 14.0. The fraction of sp³-hybridized carbons (Fsp3) is 0.500. The number of rotatable bonds is 5. The summed E-state index contributed by atoms with van der Waals surface area (Å²) in [5.74, 6) is -1.07. The largest absolute Gasteiger partial charge is 0.464 e. The minimum atomic E-state index is -2.22. The number of amides is 1. The quantitative estimate of drug-likeness (QED) is 0.502. The highest BCUT2D eigenvalue weighted by atomic mass is 16.6. The Hall–Kier alpha value is -2.64. The van der Waals surface area contributed by atoms with E-state index in [4.69, 9.17) is 4.74 Å². The first-order valence-electron chi connectivity index (χ1n) is 7.29. The smallest absolute Gasteiger partial charge is 0.408 e. The Balaban J connectivity index is 3.31. The summed E-state index contributed by atoms with van der Waals surface area (Å²) in [5.41, 5.74) is -2.62. The van der Waals surface area contributed by atoms with Gasteiger partial charge in [-0.25, -0.2) is 9.59 Å². The van der Waals surface area contributed by atoms with Crippen molar-refractivity contribution in [3.63, 3.8) is 0 Å². The number of alkyl carbamates (subject to hydrolysis) is 1. The van der Waals surface area contributed by atoms with Crippen molar-refractivity contribution in [1.82, 2.24) is 5.32 Å². The first kappa shape index (κ1) is 19.4. The van der Waals surface area contributed by atoms with E-state index >= 15 is 0 Å². The third kappa shape index (κ3) is 4.43. The average Bonchev–Trinajstić information content (AvgIpc) is 2.50. The van der Waals surface area contributed by atoms with Crippen LogP contribution in [0.1, 0.15) is 39.3 Å². The maximum absolute atomic E-state index is 12.1. The van der Waals surface area contributed by atoms with Crippen LogP contribution in [0.5, 0.6) is 0 Å². The van der Waals surface area contributed by atoms with Gasteiger partial charge in [0.25, 0.3) is 0 Å². The first-order valence-corrected chi connectivity index (χ1v) is 7.29. The Labute approximate surface area is 140 Å². The van der Waals surface area contributed by atoms with Crippen LogP contribution in [0, 0.1) is 10.1 Å². The van der Waals surface area contributed by atoms with Crippen LogP contribution in [-0.4, -0.2) is 35.2 Å². The van der Waals surface area contributed by atoms with Gasteiger partial charge in [-0.1, -0.05) is 30.3 Å². The van der Waals surface area contributed by atoms with Crippen molar-refractivity contribution in [2.24, 2.45) is 0 Å². The standard InChI is InChI=1S/C16H22N2O6/c1-15(2,3)24-14(20)17-12(11-9-7-6-8-10-11)16(4,18(21)22)13(19)23-5/h6-10,12H,1-5H3,(H,17,20)/t12-,16-/m0/s1. The van der Waals surface area contributed by atoms with E-state index in [-0.39, 0.29) is 0 Å². The van der Waals surface area contributed by atoms with Crippen molar-refractivity contribution in [2.45, 2.75) is 44.9 Å². The molecule has 0 aromatic heterocycles. The van der Waals surface area contributed by atoms with Gasteiger partial charge in [-0.2, -0.15) is 0 Å². The van der Waals surface area contributed by atoms with Crippen molar-refractivity contribution >= 4 is 12.1 Å². The molecule has 1 N–H and O–H groups in total. The molecule has 2 atom stereocenters. The van der Waals surface area contributed by atoms with Crippen LogP contribution in [0.25, 0.3) is 0 Å². The van der Waals surface area contributed by atoms with E-state index in [0.29, 0.717) is 5.56 Å². The fourth-order valence-corrected chi connectivity index (χ4v) is 2.12. The lowest BCUT2D eigenvalue weighted by Gasteiger charge is -2.29. The van der Waals surface area contributed by atoms with Crippen molar-refractivity contribution in [1.29, 1.82) is 0 Å². The Bertz CT molecular complexity index is 611. The molecule has 0 bridgehead atoms. The minimum absolute atomic E-state index is 0.382. The van der Waals surface area contributed by atoms with E-state index in [0.717, 1.165) is 14.0 Å². The van der Waals surface area contributed by atoms with E-state index in [1.54, 1.807) is 51.1 Å². The molecule has 0 aliphatic rings. The summed E-state index contributed by atoms with van der Waals surface area (Å²) in [6, 6.07) is 6.90. The van der Waals surface area contributed by atoms with E-state index < -0.39 is 34.2 Å². The minimum Gasteiger partial charge on any atom is -0.464 e. The highest BCUT2D eigenvalue weighted by Crippen LogP contribution is 2.30. The SMILES string of the molecule is COC(=O)[C@](C)([C@@H](NC(=O)OC(C)(C)C)c1ccccc1)[N+](=O)[O-]. The number of ether oxygens (including phenoxy) is 2. The van der Waals surface area contributed by atoms with Crippen LogP contribution in [0.3, 0.4) is 0 Å². The molecule has 0 saturated heterocycles. The molecular weight excluding hydrogens is 316 g/mol. The lowest BCUT2D eigenvalue weighted by molar-refractivity contribution is -0.556. The Kier molecular flexibility index (Phi) is 5.89.